The second-order valence-electron chi connectivity index (χ2n) is 6.72. The van der Waals surface area contributed by atoms with Crippen molar-refractivity contribution in [1.29, 1.82) is 10.8 Å². The molecule has 26 heavy (non-hydrogen) atoms. The highest BCUT2D eigenvalue weighted by atomic mass is 35.5. The fourth-order valence-corrected chi connectivity index (χ4v) is 4.65. The molecule has 7 heteroatoms. The Hall–Kier alpha value is -2.02. The third kappa shape index (κ3) is 2.44. The lowest BCUT2D eigenvalue weighted by atomic mass is 9.94. The maximum absolute atomic E-state index is 8.80. The van der Waals surface area contributed by atoms with E-state index in [0.29, 0.717) is 29.9 Å². The number of anilines is 1. The summed E-state index contributed by atoms with van der Waals surface area (Å²) in [5, 5.41) is 18.6. The number of nitrogens with one attached hydrogen (secondary N) is 2. The molecule has 1 aromatic carbocycles. The number of amidine groups is 2. The van der Waals surface area contributed by atoms with E-state index in [9.17, 15) is 0 Å². The Balaban J connectivity index is 2.03. The van der Waals surface area contributed by atoms with E-state index < -0.39 is 5.54 Å². The molecule has 4 rings (SSSR count). The molecule has 0 aliphatic carbocycles. The predicted octanol–water partition coefficient (Wildman–Crippen LogP) is 4.42. The predicted molar refractivity (Wildman–Crippen MR) is 108 cm³/mol. The largest absolute Gasteiger partial charge is 0.375 e. The summed E-state index contributed by atoms with van der Waals surface area (Å²) in [6.45, 7) is 6.58. The maximum atomic E-state index is 8.80. The first-order valence-corrected chi connectivity index (χ1v) is 9.52. The third-order valence-electron chi connectivity index (χ3n) is 4.93. The van der Waals surface area contributed by atoms with Gasteiger partial charge in [0.15, 0.2) is 5.54 Å². The minimum Gasteiger partial charge on any atom is -0.375 e. The summed E-state index contributed by atoms with van der Waals surface area (Å²) >= 11 is 7.68. The van der Waals surface area contributed by atoms with E-state index in [-0.39, 0.29) is 0 Å². The van der Waals surface area contributed by atoms with Crippen LogP contribution >= 0.6 is 22.9 Å². The highest BCUT2D eigenvalue weighted by Gasteiger charge is 2.49. The quantitative estimate of drug-likeness (QED) is 0.562. The standard InChI is InChI=1S/C19H19ClN4OS/c1-10-11(2)26-17-15(10)16(13-4-6-14(20)7-5-13)23-19(8-25-9-19)18(22)24(17)12(3)21/h4-7,21-22H,8-9H2,1-3H3. The molecule has 2 aliphatic heterocycles. The van der Waals surface area contributed by atoms with E-state index in [1.54, 1.807) is 23.2 Å². The number of hydrogen-bond donors (Lipinski definition) is 2. The van der Waals surface area contributed by atoms with Crippen LogP contribution in [0, 0.1) is 24.7 Å². The number of aliphatic imine (C=N–C) groups is 1. The molecule has 134 valence electrons. The zero-order chi connectivity index (χ0) is 18.6. The molecule has 2 aliphatic rings. The van der Waals surface area contributed by atoms with E-state index in [2.05, 4.69) is 13.8 Å². The Morgan fingerprint density at radius 2 is 1.92 bits per heavy atom. The van der Waals surface area contributed by atoms with Crippen LogP contribution in [0.5, 0.6) is 0 Å². The summed E-state index contributed by atoms with van der Waals surface area (Å²) in [6.07, 6.45) is 0. The van der Waals surface area contributed by atoms with Crippen molar-refractivity contribution in [3.63, 3.8) is 0 Å². The van der Waals surface area contributed by atoms with Crippen LogP contribution < -0.4 is 4.90 Å². The van der Waals surface area contributed by atoms with Crippen LogP contribution in [-0.4, -0.2) is 36.1 Å². The molecule has 5 nitrogen and oxygen atoms in total. The van der Waals surface area contributed by atoms with Gasteiger partial charge in [0.25, 0.3) is 0 Å². The summed E-state index contributed by atoms with van der Waals surface area (Å²) in [5.74, 6) is 0.624. The van der Waals surface area contributed by atoms with E-state index >= 15 is 0 Å². The average Bonchev–Trinajstić information content (AvgIpc) is 2.77. The first kappa shape index (κ1) is 17.4. The maximum Gasteiger partial charge on any atom is 0.165 e. The number of aryl methyl sites for hydroxylation is 1. The Morgan fingerprint density at radius 1 is 1.27 bits per heavy atom. The van der Waals surface area contributed by atoms with Crippen LogP contribution in [0.25, 0.3) is 0 Å². The number of hydrogen-bond acceptors (Lipinski definition) is 5. The second kappa shape index (κ2) is 6.01. The molecule has 0 bridgehead atoms. The Morgan fingerprint density at radius 3 is 2.46 bits per heavy atom. The van der Waals surface area contributed by atoms with Crippen molar-refractivity contribution < 1.29 is 4.74 Å². The molecule has 0 radical (unpaired) electrons. The second-order valence-corrected chi connectivity index (χ2v) is 8.36. The first-order valence-electron chi connectivity index (χ1n) is 8.32. The smallest absolute Gasteiger partial charge is 0.165 e. The van der Waals surface area contributed by atoms with Crippen molar-refractivity contribution in [2.75, 3.05) is 18.1 Å². The monoisotopic (exact) mass is 386 g/mol. The van der Waals surface area contributed by atoms with Gasteiger partial charge < -0.3 is 4.74 Å². The van der Waals surface area contributed by atoms with Gasteiger partial charge in [-0.05, 0) is 38.5 Å². The van der Waals surface area contributed by atoms with Crippen LogP contribution in [0.2, 0.25) is 5.02 Å². The molecule has 3 heterocycles. The average molecular weight is 387 g/mol. The van der Waals surface area contributed by atoms with Crippen LogP contribution in [-0.2, 0) is 4.74 Å². The lowest BCUT2D eigenvalue weighted by Crippen LogP contribution is -2.60. The van der Waals surface area contributed by atoms with Crippen LogP contribution in [0.15, 0.2) is 29.3 Å². The van der Waals surface area contributed by atoms with E-state index in [4.69, 9.17) is 32.1 Å². The van der Waals surface area contributed by atoms with Crippen LogP contribution in [0.3, 0.4) is 0 Å². The van der Waals surface area contributed by atoms with Gasteiger partial charge in [0.05, 0.1) is 18.9 Å². The number of nitrogens with zero attached hydrogens (tertiary/aromatic N) is 2. The van der Waals surface area contributed by atoms with Crippen molar-refractivity contribution in [1.82, 2.24) is 0 Å². The van der Waals surface area contributed by atoms with E-state index in [1.807, 2.05) is 24.3 Å². The molecule has 0 unspecified atom stereocenters. The molecular formula is C19H19ClN4OS. The lowest BCUT2D eigenvalue weighted by Gasteiger charge is -2.40. The number of ether oxygens (including phenoxy) is 1. The summed E-state index contributed by atoms with van der Waals surface area (Å²) in [6, 6.07) is 7.63. The number of thiophene rings is 1. The van der Waals surface area contributed by atoms with Gasteiger partial charge in [-0.25, -0.2) is 0 Å². The summed E-state index contributed by atoms with van der Waals surface area (Å²) in [7, 11) is 0. The zero-order valence-corrected chi connectivity index (χ0v) is 16.4. The fourth-order valence-electron chi connectivity index (χ4n) is 3.31. The molecule has 0 atom stereocenters. The van der Waals surface area contributed by atoms with Gasteiger partial charge in [-0.15, -0.1) is 11.3 Å². The Bertz CT molecular complexity index is 957. The number of fused-ring (bicyclic) bond motifs is 1. The molecular weight excluding hydrogens is 368 g/mol. The van der Waals surface area contributed by atoms with Gasteiger partial charge in [-0.2, -0.15) is 0 Å². The molecule has 2 N–H and O–H groups in total. The summed E-state index contributed by atoms with van der Waals surface area (Å²) < 4.78 is 5.44. The van der Waals surface area contributed by atoms with Crippen molar-refractivity contribution in [2.45, 2.75) is 26.3 Å². The normalized spacial score (nSPS) is 18.2. The minimum absolute atomic E-state index is 0.308. The van der Waals surface area contributed by atoms with E-state index in [0.717, 1.165) is 32.3 Å². The van der Waals surface area contributed by atoms with Crippen molar-refractivity contribution in [2.24, 2.45) is 4.99 Å². The summed E-state index contributed by atoms with van der Waals surface area (Å²) in [4.78, 5) is 7.91. The molecule has 1 aromatic heterocycles. The van der Waals surface area contributed by atoms with Gasteiger partial charge in [-0.3, -0.25) is 20.7 Å². The minimum atomic E-state index is -0.740. The van der Waals surface area contributed by atoms with Crippen LogP contribution in [0.4, 0.5) is 5.00 Å². The Labute approximate surface area is 161 Å². The Kier molecular flexibility index (Phi) is 4.02. The molecule has 0 saturated carbocycles. The van der Waals surface area contributed by atoms with Crippen molar-refractivity contribution in [3.05, 3.63) is 50.9 Å². The number of rotatable bonds is 1. The molecule has 1 spiro atoms. The van der Waals surface area contributed by atoms with E-state index in [1.165, 1.54) is 0 Å². The fraction of sp³-hybridized carbons (Fsp3) is 0.316. The first-order chi connectivity index (χ1) is 12.3. The number of benzene rings is 1. The third-order valence-corrected chi connectivity index (χ3v) is 6.38. The molecule has 1 fully saturated rings. The lowest BCUT2D eigenvalue weighted by molar-refractivity contribution is -0.0169. The molecule has 0 amide bonds. The number of halogens is 1. The van der Waals surface area contributed by atoms with Gasteiger partial charge in [0.1, 0.15) is 16.7 Å². The highest BCUT2D eigenvalue weighted by Crippen LogP contribution is 2.43. The zero-order valence-electron chi connectivity index (χ0n) is 14.8. The topological polar surface area (TPSA) is 72.5 Å². The van der Waals surface area contributed by atoms with Crippen molar-refractivity contribution >= 4 is 45.3 Å². The molecule has 2 aromatic rings. The van der Waals surface area contributed by atoms with Gasteiger partial charge in [0.2, 0.25) is 0 Å². The SMILES string of the molecule is CC(=N)N1C(=N)C2(COC2)N=C(c2ccc(Cl)cc2)c2c1sc(C)c2C. The van der Waals surface area contributed by atoms with Gasteiger partial charge in [-0.1, -0.05) is 23.7 Å². The van der Waals surface area contributed by atoms with Crippen LogP contribution in [0.1, 0.15) is 28.5 Å². The van der Waals surface area contributed by atoms with Gasteiger partial charge in [0, 0.05) is 21.0 Å². The highest BCUT2D eigenvalue weighted by molar-refractivity contribution is 7.17. The van der Waals surface area contributed by atoms with Crippen molar-refractivity contribution in [3.8, 4) is 0 Å². The molecule has 1 saturated heterocycles. The van der Waals surface area contributed by atoms with Gasteiger partial charge >= 0.3 is 0 Å². The summed E-state index contributed by atoms with van der Waals surface area (Å²) in [5.41, 5.74) is 3.19.